The monoisotopic (exact) mass is 400 g/mol. The van der Waals surface area contributed by atoms with Gasteiger partial charge in [0, 0.05) is 7.11 Å². The number of fused-ring (bicyclic) bond motifs is 1. The minimum Gasteiger partial charge on any atom is -0.488 e. The maximum Gasteiger partial charge on any atom is 0.239 e. The number of alkyl halides is 1. The molecule has 1 heterocycles. The van der Waals surface area contributed by atoms with Crippen LogP contribution in [0, 0.1) is 0 Å². The molecule has 23 heavy (non-hydrogen) atoms. The number of benzene rings is 1. The molecule has 2 unspecified atom stereocenters. The van der Waals surface area contributed by atoms with Crippen LogP contribution in [-0.2, 0) is 9.53 Å². The summed E-state index contributed by atoms with van der Waals surface area (Å²) in [5.41, 5.74) is 0.846. The summed E-state index contributed by atoms with van der Waals surface area (Å²) >= 11 is 4.83. The number of aromatic nitrogens is 1. The van der Waals surface area contributed by atoms with Crippen molar-refractivity contribution in [3.8, 4) is 5.75 Å². The highest BCUT2D eigenvalue weighted by molar-refractivity contribution is 9.10. The minimum absolute atomic E-state index is 0.0206. The molecule has 126 valence electrons. The molecule has 5 nitrogen and oxygen atoms in total. The number of anilines is 1. The van der Waals surface area contributed by atoms with Gasteiger partial charge >= 0.3 is 0 Å². The van der Waals surface area contributed by atoms with E-state index in [1.165, 1.54) is 11.3 Å². The third-order valence-corrected chi connectivity index (χ3v) is 4.96. The molecule has 0 fully saturated rings. The fourth-order valence-corrected chi connectivity index (χ4v) is 3.57. The molecular formula is C16H21BrN2O3S. The molecule has 2 rings (SSSR count). The number of hydrogen-bond acceptors (Lipinski definition) is 5. The molecule has 2 atom stereocenters. The zero-order chi connectivity index (χ0) is 16.8. The molecule has 1 aromatic carbocycles. The second kappa shape index (κ2) is 8.61. The normalized spacial score (nSPS) is 13.7. The van der Waals surface area contributed by atoms with Crippen molar-refractivity contribution in [3.05, 3.63) is 18.2 Å². The van der Waals surface area contributed by atoms with Gasteiger partial charge in [0.25, 0.3) is 0 Å². The maximum atomic E-state index is 12.0. The van der Waals surface area contributed by atoms with Crippen LogP contribution in [0.15, 0.2) is 18.2 Å². The lowest BCUT2D eigenvalue weighted by Crippen LogP contribution is -2.22. The summed E-state index contributed by atoms with van der Waals surface area (Å²) in [7, 11) is 1.65. The van der Waals surface area contributed by atoms with Crippen LogP contribution in [0.3, 0.4) is 0 Å². The fourth-order valence-electron chi connectivity index (χ4n) is 2.10. The molecule has 0 bridgehead atoms. The largest absolute Gasteiger partial charge is 0.488 e. The van der Waals surface area contributed by atoms with Crippen LogP contribution in [0.5, 0.6) is 5.75 Å². The molecule has 0 aliphatic heterocycles. The molecule has 0 saturated carbocycles. The minimum atomic E-state index is -0.187. The van der Waals surface area contributed by atoms with Crippen molar-refractivity contribution in [1.82, 2.24) is 4.98 Å². The van der Waals surface area contributed by atoms with Gasteiger partial charge in [-0.1, -0.05) is 40.6 Å². The Balaban J connectivity index is 2.08. The van der Waals surface area contributed by atoms with Gasteiger partial charge in [0.15, 0.2) is 5.13 Å². The number of rotatable bonds is 8. The van der Waals surface area contributed by atoms with Gasteiger partial charge in [-0.15, -0.1) is 0 Å². The van der Waals surface area contributed by atoms with Crippen molar-refractivity contribution in [2.24, 2.45) is 0 Å². The Morgan fingerprint density at radius 1 is 1.48 bits per heavy atom. The summed E-state index contributed by atoms with van der Waals surface area (Å²) in [6.07, 6.45) is 1.73. The highest BCUT2D eigenvalue weighted by Crippen LogP contribution is 2.30. The van der Waals surface area contributed by atoms with Crippen molar-refractivity contribution >= 4 is 48.5 Å². The highest BCUT2D eigenvalue weighted by atomic mass is 79.9. The van der Waals surface area contributed by atoms with Gasteiger partial charge in [-0.2, -0.15) is 0 Å². The number of carbonyl (C=O) groups is 1. The number of halogens is 1. The number of amides is 1. The topological polar surface area (TPSA) is 60.5 Å². The van der Waals surface area contributed by atoms with Crippen LogP contribution in [0.1, 0.15) is 26.7 Å². The van der Waals surface area contributed by atoms with E-state index in [4.69, 9.17) is 9.47 Å². The lowest BCUT2D eigenvalue weighted by molar-refractivity contribution is -0.115. The van der Waals surface area contributed by atoms with E-state index < -0.39 is 0 Å². The first-order valence-electron chi connectivity index (χ1n) is 7.54. The van der Waals surface area contributed by atoms with Crippen LogP contribution < -0.4 is 10.1 Å². The number of nitrogens with zero attached hydrogens (tertiary/aromatic N) is 1. The average Bonchev–Trinajstić information content (AvgIpc) is 2.89. The lowest BCUT2D eigenvalue weighted by Gasteiger charge is -2.13. The number of methoxy groups -OCH3 is 1. The Labute approximate surface area is 148 Å². The second-order valence-electron chi connectivity index (χ2n) is 5.28. The Morgan fingerprint density at radius 2 is 2.26 bits per heavy atom. The first kappa shape index (κ1) is 18.2. The van der Waals surface area contributed by atoms with E-state index in [1.807, 2.05) is 32.0 Å². The van der Waals surface area contributed by atoms with E-state index in [0.717, 1.165) is 28.8 Å². The summed E-state index contributed by atoms with van der Waals surface area (Å²) in [6.45, 7) is 4.54. The van der Waals surface area contributed by atoms with Crippen molar-refractivity contribution < 1.29 is 14.3 Å². The molecule has 0 radical (unpaired) electrons. The van der Waals surface area contributed by atoms with E-state index in [-0.39, 0.29) is 16.8 Å². The van der Waals surface area contributed by atoms with Crippen LogP contribution in [-0.4, -0.2) is 35.5 Å². The zero-order valence-electron chi connectivity index (χ0n) is 13.5. The number of ether oxygens (including phenoxy) is 2. The molecule has 1 aromatic heterocycles. The van der Waals surface area contributed by atoms with Crippen LogP contribution in [0.25, 0.3) is 10.2 Å². The first-order chi connectivity index (χ1) is 11.0. The van der Waals surface area contributed by atoms with E-state index in [0.29, 0.717) is 11.7 Å². The smallest absolute Gasteiger partial charge is 0.239 e. The van der Waals surface area contributed by atoms with Gasteiger partial charge < -0.3 is 14.8 Å². The van der Waals surface area contributed by atoms with Crippen LogP contribution in [0.4, 0.5) is 5.13 Å². The predicted octanol–water partition coefficient (Wildman–Crippen LogP) is 4.21. The van der Waals surface area contributed by atoms with Crippen LogP contribution >= 0.6 is 27.3 Å². The van der Waals surface area contributed by atoms with Crippen molar-refractivity contribution in [2.75, 3.05) is 19.0 Å². The Kier molecular flexibility index (Phi) is 6.80. The number of carbonyl (C=O) groups excluding carboxylic acids is 1. The van der Waals surface area contributed by atoms with E-state index in [2.05, 4.69) is 26.2 Å². The average molecular weight is 401 g/mol. The van der Waals surface area contributed by atoms with Gasteiger partial charge in [-0.25, -0.2) is 4.98 Å². The summed E-state index contributed by atoms with van der Waals surface area (Å²) < 4.78 is 11.8. The number of hydrogen-bond donors (Lipinski definition) is 1. The molecule has 2 aromatic rings. The number of nitrogens with one attached hydrogen (secondary N) is 1. The molecule has 0 spiro atoms. The first-order valence-corrected chi connectivity index (χ1v) is 9.27. The lowest BCUT2D eigenvalue weighted by atomic mass is 10.2. The van der Waals surface area contributed by atoms with Crippen molar-refractivity contribution in [3.63, 3.8) is 0 Å². The maximum absolute atomic E-state index is 12.0. The van der Waals surface area contributed by atoms with E-state index >= 15 is 0 Å². The van der Waals surface area contributed by atoms with E-state index in [9.17, 15) is 4.79 Å². The third-order valence-electron chi connectivity index (χ3n) is 3.16. The molecule has 1 N–H and O–H groups in total. The molecule has 0 saturated heterocycles. The summed E-state index contributed by atoms with van der Waals surface area (Å²) in [5, 5.41) is 3.46. The van der Waals surface area contributed by atoms with Gasteiger partial charge in [0.1, 0.15) is 11.9 Å². The van der Waals surface area contributed by atoms with Crippen LogP contribution in [0.2, 0.25) is 0 Å². The Bertz CT molecular complexity index is 662. The Morgan fingerprint density at radius 3 is 2.96 bits per heavy atom. The van der Waals surface area contributed by atoms with Crippen molar-refractivity contribution in [2.45, 2.75) is 37.6 Å². The standard InChI is InChI=1S/C16H21BrN2O3S/c1-4-5-12(17)15(20)19-16-18-13-7-6-11(8-14(13)23-16)22-10(2)9-21-3/h6-8,10,12H,4-5,9H2,1-3H3,(H,18,19,20). The van der Waals surface area contributed by atoms with Crippen molar-refractivity contribution in [1.29, 1.82) is 0 Å². The van der Waals surface area contributed by atoms with Gasteiger partial charge in [-0.3, -0.25) is 4.79 Å². The quantitative estimate of drug-likeness (QED) is 0.674. The SMILES string of the molecule is CCCC(Br)C(=O)Nc1nc2ccc(OC(C)COC)cc2s1. The van der Waals surface area contributed by atoms with Gasteiger partial charge in [-0.05, 0) is 31.5 Å². The summed E-state index contributed by atoms with van der Waals surface area (Å²) in [6, 6.07) is 5.71. The molecule has 7 heteroatoms. The second-order valence-corrected chi connectivity index (χ2v) is 7.41. The molecule has 0 aliphatic carbocycles. The Hall–Kier alpha value is -1.18. The molecule has 1 amide bonds. The molecule has 0 aliphatic rings. The van der Waals surface area contributed by atoms with Gasteiger partial charge in [0.05, 0.1) is 21.7 Å². The highest BCUT2D eigenvalue weighted by Gasteiger charge is 2.16. The van der Waals surface area contributed by atoms with Gasteiger partial charge in [0.2, 0.25) is 5.91 Å². The fraction of sp³-hybridized carbons (Fsp3) is 0.500. The predicted molar refractivity (Wildman–Crippen MR) is 97.8 cm³/mol. The zero-order valence-corrected chi connectivity index (χ0v) is 15.9. The summed E-state index contributed by atoms with van der Waals surface area (Å²) in [4.78, 5) is 16.3. The van der Waals surface area contributed by atoms with E-state index in [1.54, 1.807) is 7.11 Å². The summed E-state index contributed by atoms with van der Waals surface area (Å²) in [5.74, 6) is 0.712. The third kappa shape index (κ3) is 5.16. The molecular weight excluding hydrogens is 380 g/mol. The number of thiazole rings is 1.